The van der Waals surface area contributed by atoms with Crippen LogP contribution in [-0.4, -0.2) is 19.7 Å². The van der Waals surface area contributed by atoms with Crippen LogP contribution in [0.3, 0.4) is 0 Å². The molecule has 0 radical (unpaired) electrons. The van der Waals surface area contributed by atoms with Crippen molar-refractivity contribution >= 4 is 0 Å². The maximum atomic E-state index is 15.2. The van der Waals surface area contributed by atoms with Crippen LogP contribution in [0.25, 0.3) is 5.69 Å². The van der Waals surface area contributed by atoms with Crippen LogP contribution in [-0.2, 0) is 18.5 Å². The highest BCUT2D eigenvalue weighted by molar-refractivity contribution is 5.36. The fourth-order valence-electron chi connectivity index (χ4n) is 2.96. The zero-order chi connectivity index (χ0) is 18.1. The Labute approximate surface area is 148 Å². The highest BCUT2D eigenvalue weighted by Crippen LogP contribution is 2.30. The molecule has 1 N–H and O–H groups in total. The van der Waals surface area contributed by atoms with Crippen molar-refractivity contribution in [2.24, 2.45) is 5.41 Å². The molecule has 3 rings (SSSR count). The minimum atomic E-state index is -1.49. The van der Waals surface area contributed by atoms with E-state index in [0.29, 0.717) is 11.4 Å². The Hall–Kier alpha value is -2.43. The van der Waals surface area contributed by atoms with Gasteiger partial charge < -0.3 is 4.98 Å². The van der Waals surface area contributed by atoms with Gasteiger partial charge in [-0.05, 0) is 42.5 Å². The highest BCUT2D eigenvalue weighted by atomic mass is 19.1. The van der Waals surface area contributed by atoms with Gasteiger partial charge >= 0.3 is 0 Å². The average molecular weight is 340 g/mol. The molecule has 25 heavy (non-hydrogen) atoms. The summed E-state index contributed by atoms with van der Waals surface area (Å²) in [5, 5.41) is 4.19. The van der Waals surface area contributed by atoms with Crippen molar-refractivity contribution in [2.45, 2.75) is 46.2 Å². The normalized spacial score (nSPS) is 14.4. The molecule has 0 aliphatic carbocycles. The van der Waals surface area contributed by atoms with Crippen molar-refractivity contribution in [3.8, 4) is 5.69 Å². The van der Waals surface area contributed by atoms with E-state index in [2.05, 4.69) is 35.8 Å². The first-order valence-electron chi connectivity index (χ1n) is 8.55. The molecule has 0 amide bonds. The minimum Gasteiger partial charge on any atom is -0.346 e. The summed E-state index contributed by atoms with van der Waals surface area (Å²) in [6.45, 7) is 8.12. The van der Waals surface area contributed by atoms with Gasteiger partial charge in [0.1, 0.15) is 11.5 Å². The Morgan fingerprint density at radius 1 is 1.08 bits per heavy atom. The van der Waals surface area contributed by atoms with Crippen LogP contribution >= 0.6 is 0 Å². The van der Waals surface area contributed by atoms with Crippen molar-refractivity contribution in [3.05, 3.63) is 66.0 Å². The van der Waals surface area contributed by atoms with Gasteiger partial charge in [0.15, 0.2) is 0 Å². The van der Waals surface area contributed by atoms with Crippen LogP contribution in [0, 0.1) is 5.41 Å². The maximum absolute atomic E-state index is 15.2. The second-order valence-electron chi connectivity index (χ2n) is 7.96. The minimum absolute atomic E-state index is 0.172. The van der Waals surface area contributed by atoms with Gasteiger partial charge in [0, 0.05) is 30.7 Å². The number of H-pyrrole nitrogens is 1. The van der Waals surface area contributed by atoms with Crippen molar-refractivity contribution in [3.63, 3.8) is 0 Å². The van der Waals surface area contributed by atoms with Crippen molar-refractivity contribution in [2.75, 3.05) is 0 Å². The molecule has 1 unspecified atom stereocenters. The average Bonchev–Trinajstić information content (AvgIpc) is 3.17. The molecule has 0 fully saturated rings. The van der Waals surface area contributed by atoms with Crippen LogP contribution in [0.15, 0.2) is 48.9 Å². The molecule has 2 aromatic heterocycles. The lowest BCUT2D eigenvalue weighted by molar-refractivity contribution is 0.188. The first-order chi connectivity index (χ1) is 11.7. The Bertz CT molecular complexity index is 808. The van der Waals surface area contributed by atoms with Crippen molar-refractivity contribution in [1.82, 2.24) is 19.7 Å². The van der Waals surface area contributed by atoms with E-state index in [9.17, 15) is 0 Å². The Kier molecular flexibility index (Phi) is 4.50. The Balaban J connectivity index is 1.73. The number of aromatic amines is 1. The number of alkyl halides is 1. The number of aromatic nitrogens is 4. The molecule has 0 aliphatic rings. The lowest BCUT2D eigenvalue weighted by atomic mass is 9.91. The maximum Gasteiger partial charge on any atom is 0.140 e. The standard InChI is InChI=1S/C20H25FN4/c1-19(2,3)12-16-14-22-18(24-16)13-20(4,21)15-6-8-17(9-7-15)25-11-5-10-23-25/h5-11,14H,12-13H2,1-4H3,(H,22,24). The second kappa shape index (κ2) is 6.47. The van der Waals surface area contributed by atoms with Gasteiger partial charge in [-0.1, -0.05) is 32.9 Å². The van der Waals surface area contributed by atoms with Crippen LogP contribution in [0.1, 0.15) is 44.8 Å². The number of nitrogens with zero attached hydrogens (tertiary/aromatic N) is 3. The zero-order valence-corrected chi connectivity index (χ0v) is 15.3. The molecule has 1 atom stereocenters. The largest absolute Gasteiger partial charge is 0.346 e. The van der Waals surface area contributed by atoms with Crippen molar-refractivity contribution < 1.29 is 4.39 Å². The predicted molar refractivity (Wildman–Crippen MR) is 97.5 cm³/mol. The molecular weight excluding hydrogens is 315 g/mol. The molecule has 0 spiro atoms. The number of nitrogens with one attached hydrogen (secondary N) is 1. The van der Waals surface area contributed by atoms with E-state index in [0.717, 1.165) is 17.8 Å². The van der Waals surface area contributed by atoms with E-state index in [1.807, 2.05) is 42.7 Å². The van der Waals surface area contributed by atoms with Crippen LogP contribution < -0.4 is 0 Å². The van der Waals surface area contributed by atoms with Gasteiger partial charge in [-0.2, -0.15) is 5.10 Å². The summed E-state index contributed by atoms with van der Waals surface area (Å²) in [4.78, 5) is 7.62. The predicted octanol–water partition coefficient (Wildman–Crippen LogP) is 4.61. The summed E-state index contributed by atoms with van der Waals surface area (Å²) >= 11 is 0. The smallest absolute Gasteiger partial charge is 0.140 e. The fraction of sp³-hybridized carbons (Fsp3) is 0.400. The Morgan fingerprint density at radius 2 is 1.80 bits per heavy atom. The second-order valence-corrected chi connectivity index (χ2v) is 7.96. The van der Waals surface area contributed by atoms with Gasteiger partial charge in [0.05, 0.1) is 5.69 Å². The molecular formula is C20H25FN4. The lowest BCUT2D eigenvalue weighted by Crippen LogP contribution is -2.19. The summed E-state index contributed by atoms with van der Waals surface area (Å²) in [7, 11) is 0. The molecule has 0 saturated carbocycles. The summed E-state index contributed by atoms with van der Waals surface area (Å²) < 4.78 is 17.0. The van der Waals surface area contributed by atoms with Crippen LogP contribution in [0.5, 0.6) is 0 Å². The third-order valence-electron chi connectivity index (χ3n) is 4.14. The third kappa shape index (κ3) is 4.35. The molecule has 132 valence electrons. The van der Waals surface area contributed by atoms with Gasteiger partial charge in [-0.15, -0.1) is 0 Å². The summed E-state index contributed by atoms with van der Waals surface area (Å²) in [6, 6.07) is 9.26. The topological polar surface area (TPSA) is 46.5 Å². The third-order valence-corrected chi connectivity index (χ3v) is 4.14. The number of halogens is 1. The van der Waals surface area contributed by atoms with Gasteiger partial charge in [-0.25, -0.2) is 14.1 Å². The van der Waals surface area contributed by atoms with Gasteiger partial charge in [0.25, 0.3) is 0 Å². The molecule has 1 aromatic carbocycles. The Morgan fingerprint density at radius 3 is 2.40 bits per heavy atom. The first-order valence-corrected chi connectivity index (χ1v) is 8.55. The van der Waals surface area contributed by atoms with Gasteiger partial charge in [0.2, 0.25) is 0 Å². The summed E-state index contributed by atoms with van der Waals surface area (Å²) in [5.74, 6) is 0.681. The molecule has 0 saturated heterocycles. The van der Waals surface area contributed by atoms with Gasteiger partial charge in [-0.3, -0.25) is 0 Å². The molecule has 3 aromatic rings. The molecule has 2 heterocycles. The van der Waals surface area contributed by atoms with E-state index in [4.69, 9.17) is 0 Å². The first kappa shape index (κ1) is 17.4. The summed E-state index contributed by atoms with van der Waals surface area (Å²) in [6.07, 6.45) is 6.51. The molecule has 4 nitrogen and oxygen atoms in total. The molecule has 5 heteroatoms. The van der Waals surface area contributed by atoms with E-state index >= 15 is 4.39 Å². The molecule has 0 bridgehead atoms. The number of rotatable bonds is 5. The number of hydrogen-bond donors (Lipinski definition) is 1. The van der Waals surface area contributed by atoms with E-state index < -0.39 is 5.67 Å². The fourth-order valence-corrected chi connectivity index (χ4v) is 2.96. The molecule has 0 aliphatic heterocycles. The monoisotopic (exact) mass is 340 g/mol. The van der Waals surface area contributed by atoms with E-state index in [-0.39, 0.29) is 11.8 Å². The van der Waals surface area contributed by atoms with Crippen LogP contribution in [0.2, 0.25) is 0 Å². The number of hydrogen-bond acceptors (Lipinski definition) is 2. The van der Waals surface area contributed by atoms with E-state index in [1.165, 1.54) is 0 Å². The quantitative estimate of drug-likeness (QED) is 0.737. The van der Waals surface area contributed by atoms with E-state index in [1.54, 1.807) is 17.8 Å². The number of benzene rings is 1. The zero-order valence-electron chi connectivity index (χ0n) is 15.3. The van der Waals surface area contributed by atoms with Crippen molar-refractivity contribution in [1.29, 1.82) is 0 Å². The highest BCUT2D eigenvalue weighted by Gasteiger charge is 2.28. The SMILES string of the molecule is CC(C)(C)Cc1cnc(CC(C)(F)c2ccc(-n3cccn3)cc2)[nH]1. The van der Waals surface area contributed by atoms with Crippen LogP contribution in [0.4, 0.5) is 4.39 Å². The lowest BCUT2D eigenvalue weighted by Gasteiger charge is -2.20. The summed E-state index contributed by atoms with van der Waals surface area (Å²) in [5.41, 5.74) is 1.28. The number of imidazole rings is 1.